The smallest absolute Gasteiger partial charge is 0.134 e. The molecule has 0 aliphatic carbocycles. The number of ketones is 1. The highest BCUT2D eigenvalue weighted by atomic mass is 35.5. The average molecular weight is 211 g/mol. The second kappa shape index (κ2) is 3.62. The van der Waals surface area contributed by atoms with Crippen LogP contribution in [0.15, 0.2) is 12.1 Å². The van der Waals surface area contributed by atoms with Gasteiger partial charge in [-0.05, 0) is 24.6 Å². The fourth-order valence-electron chi connectivity index (χ4n) is 1.76. The zero-order valence-electron chi connectivity index (χ0n) is 7.97. The van der Waals surface area contributed by atoms with Crippen LogP contribution in [0.5, 0.6) is 5.75 Å². The first-order valence-corrected chi connectivity index (χ1v) is 4.99. The van der Waals surface area contributed by atoms with Gasteiger partial charge in [0.25, 0.3) is 0 Å². The van der Waals surface area contributed by atoms with Crippen LogP contribution < -0.4 is 4.74 Å². The lowest BCUT2D eigenvalue weighted by Crippen LogP contribution is -2.00. The number of Topliss-reactive ketones (excluding diaryl/α,β-unsaturated/α-hetero) is 1. The van der Waals surface area contributed by atoms with Crippen LogP contribution in [-0.2, 0) is 17.6 Å². The van der Waals surface area contributed by atoms with Gasteiger partial charge in [-0.2, -0.15) is 0 Å². The Kier molecular flexibility index (Phi) is 2.46. The topological polar surface area (TPSA) is 26.3 Å². The Morgan fingerprint density at radius 1 is 1.57 bits per heavy atom. The molecule has 0 saturated carbocycles. The molecule has 1 aliphatic rings. The molecule has 74 valence electrons. The molecule has 0 unspecified atom stereocenters. The van der Waals surface area contributed by atoms with Gasteiger partial charge in [-0.3, -0.25) is 4.79 Å². The monoisotopic (exact) mass is 210 g/mol. The maximum atomic E-state index is 11.1. The third kappa shape index (κ3) is 1.62. The Morgan fingerprint density at radius 2 is 2.36 bits per heavy atom. The van der Waals surface area contributed by atoms with Crippen molar-refractivity contribution in [3.8, 4) is 5.75 Å². The summed E-state index contributed by atoms with van der Waals surface area (Å²) in [6, 6.07) is 3.66. The SMILES string of the molecule is CC(=O)Cc1c(Cl)ccc2c1CCO2. The zero-order valence-corrected chi connectivity index (χ0v) is 8.73. The molecule has 2 rings (SSSR count). The van der Waals surface area contributed by atoms with E-state index < -0.39 is 0 Å². The Balaban J connectivity index is 2.46. The number of benzene rings is 1. The number of hydrogen-bond acceptors (Lipinski definition) is 2. The highest BCUT2D eigenvalue weighted by Crippen LogP contribution is 2.33. The van der Waals surface area contributed by atoms with Crippen LogP contribution in [0.2, 0.25) is 5.02 Å². The van der Waals surface area contributed by atoms with E-state index in [2.05, 4.69) is 0 Å². The quantitative estimate of drug-likeness (QED) is 0.750. The minimum Gasteiger partial charge on any atom is -0.493 e. The van der Waals surface area contributed by atoms with E-state index in [9.17, 15) is 4.79 Å². The summed E-state index contributed by atoms with van der Waals surface area (Å²) in [6.45, 7) is 2.27. The van der Waals surface area contributed by atoms with Crippen LogP contribution in [0.25, 0.3) is 0 Å². The second-order valence-corrected chi connectivity index (χ2v) is 3.89. The number of hydrogen-bond donors (Lipinski definition) is 0. The standard InChI is InChI=1S/C11H11ClO2/c1-7(13)6-9-8-4-5-14-11(8)3-2-10(9)12/h2-3H,4-6H2,1H3. The van der Waals surface area contributed by atoms with Gasteiger partial charge < -0.3 is 4.74 Å². The molecular formula is C11H11ClO2. The van der Waals surface area contributed by atoms with Crippen molar-refractivity contribution in [2.24, 2.45) is 0 Å². The molecule has 1 heterocycles. The van der Waals surface area contributed by atoms with Gasteiger partial charge >= 0.3 is 0 Å². The summed E-state index contributed by atoms with van der Waals surface area (Å²) in [6.07, 6.45) is 1.27. The summed E-state index contributed by atoms with van der Waals surface area (Å²) in [5, 5.41) is 0.671. The van der Waals surface area contributed by atoms with Gasteiger partial charge in [0.05, 0.1) is 6.61 Å². The lowest BCUT2D eigenvalue weighted by molar-refractivity contribution is -0.116. The van der Waals surface area contributed by atoms with Crippen LogP contribution in [-0.4, -0.2) is 12.4 Å². The van der Waals surface area contributed by atoms with Crippen LogP contribution in [0.4, 0.5) is 0 Å². The van der Waals surface area contributed by atoms with E-state index in [1.165, 1.54) is 0 Å². The zero-order chi connectivity index (χ0) is 10.1. The van der Waals surface area contributed by atoms with Gasteiger partial charge in [-0.15, -0.1) is 0 Å². The summed E-state index contributed by atoms with van der Waals surface area (Å²) in [4.78, 5) is 11.1. The second-order valence-electron chi connectivity index (χ2n) is 3.48. The van der Waals surface area contributed by atoms with Crippen LogP contribution in [0.1, 0.15) is 18.1 Å². The van der Waals surface area contributed by atoms with Crippen molar-refractivity contribution in [3.63, 3.8) is 0 Å². The van der Waals surface area contributed by atoms with E-state index in [4.69, 9.17) is 16.3 Å². The Morgan fingerprint density at radius 3 is 3.07 bits per heavy atom. The number of halogens is 1. The van der Waals surface area contributed by atoms with Crippen molar-refractivity contribution in [1.29, 1.82) is 0 Å². The first-order valence-electron chi connectivity index (χ1n) is 4.61. The summed E-state index contributed by atoms with van der Waals surface area (Å²) in [5.74, 6) is 1.01. The summed E-state index contributed by atoms with van der Waals surface area (Å²) < 4.78 is 5.41. The first kappa shape index (κ1) is 9.53. The third-order valence-electron chi connectivity index (χ3n) is 2.37. The lowest BCUT2D eigenvalue weighted by atomic mass is 10.0. The number of carbonyl (C=O) groups is 1. The van der Waals surface area contributed by atoms with Gasteiger partial charge in [0.2, 0.25) is 0 Å². The minimum absolute atomic E-state index is 0.132. The molecule has 0 fully saturated rings. The molecule has 0 aromatic heterocycles. The van der Waals surface area contributed by atoms with E-state index in [1.54, 1.807) is 13.0 Å². The van der Waals surface area contributed by atoms with Gasteiger partial charge in [-0.25, -0.2) is 0 Å². The van der Waals surface area contributed by atoms with Gasteiger partial charge in [0, 0.05) is 23.4 Å². The van der Waals surface area contributed by atoms with Crippen molar-refractivity contribution in [2.45, 2.75) is 19.8 Å². The van der Waals surface area contributed by atoms with E-state index in [-0.39, 0.29) is 5.78 Å². The fourth-order valence-corrected chi connectivity index (χ4v) is 2.00. The van der Waals surface area contributed by atoms with Gasteiger partial charge in [-0.1, -0.05) is 11.6 Å². The molecule has 0 N–H and O–H groups in total. The third-order valence-corrected chi connectivity index (χ3v) is 2.72. The molecule has 0 atom stereocenters. The van der Waals surface area contributed by atoms with Crippen LogP contribution >= 0.6 is 11.6 Å². The average Bonchev–Trinajstić information content (AvgIpc) is 2.57. The Bertz CT molecular complexity index is 385. The number of carbonyl (C=O) groups excluding carboxylic acids is 1. The molecule has 0 radical (unpaired) electrons. The molecular weight excluding hydrogens is 200 g/mol. The van der Waals surface area contributed by atoms with Crippen molar-refractivity contribution in [1.82, 2.24) is 0 Å². The number of rotatable bonds is 2. The van der Waals surface area contributed by atoms with E-state index in [0.29, 0.717) is 18.1 Å². The molecule has 1 aromatic carbocycles. The first-order chi connectivity index (χ1) is 6.68. The predicted molar refractivity (Wildman–Crippen MR) is 55.0 cm³/mol. The van der Waals surface area contributed by atoms with Crippen molar-refractivity contribution in [2.75, 3.05) is 6.61 Å². The maximum absolute atomic E-state index is 11.1. The summed E-state index contributed by atoms with van der Waals surface area (Å²) in [5.41, 5.74) is 2.04. The summed E-state index contributed by atoms with van der Waals surface area (Å²) in [7, 11) is 0. The number of fused-ring (bicyclic) bond motifs is 1. The predicted octanol–water partition coefficient (Wildman–Crippen LogP) is 2.41. The number of ether oxygens (including phenoxy) is 1. The largest absolute Gasteiger partial charge is 0.493 e. The minimum atomic E-state index is 0.132. The van der Waals surface area contributed by atoms with E-state index in [0.717, 1.165) is 23.3 Å². The molecule has 0 saturated heterocycles. The van der Waals surface area contributed by atoms with E-state index in [1.807, 2.05) is 6.07 Å². The molecule has 1 aliphatic heterocycles. The van der Waals surface area contributed by atoms with Gasteiger partial charge in [0.1, 0.15) is 11.5 Å². The van der Waals surface area contributed by atoms with E-state index >= 15 is 0 Å². The fraction of sp³-hybridized carbons (Fsp3) is 0.364. The molecule has 0 bridgehead atoms. The highest BCUT2D eigenvalue weighted by Gasteiger charge is 2.19. The molecule has 3 heteroatoms. The molecule has 2 nitrogen and oxygen atoms in total. The normalized spacial score (nSPS) is 13.6. The lowest BCUT2D eigenvalue weighted by Gasteiger charge is -2.07. The van der Waals surface area contributed by atoms with Crippen LogP contribution in [0, 0.1) is 0 Å². The molecule has 14 heavy (non-hydrogen) atoms. The Hall–Kier alpha value is -1.02. The van der Waals surface area contributed by atoms with Gasteiger partial charge in [0.15, 0.2) is 0 Å². The molecule has 0 amide bonds. The molecule has 0 spiro atoms. The maximum Gasteiger partial charge on any atom is 0.134 e. The van der Waals surface area contributed by atoms with Crippen molar-refractivity contribution < 1.29 is 9.53 Å². The Labute approximate surface area is 87.8 Å². The molecule has 1 aromatic rings. The highest BCUT2D eigenvalue weighted by molar-refractivity contribution is 6.31. The van der Waals surface area contributed by atoms with Crippen LogP contribution in [0.3, 0.4) is 0 Å². The van der Waals surface area contributed by atoms with Crippen molar-refractivity contribution in [3.05, 3.63) is 28.3 Å². The van der Waals surface area contributed by atoms with Crippen molar-refractivity contribution >= 4 is 17.4 Å². The summed E-state index contributed by atoms with van der Waals surface area (Å²) >= 11 is 6.04.